The largest absolute Gasteiger partial charge is 0.353 e. The lowest BCUT2D eigenvalue weighted by Crippen LogP contribution is -2.47. The first-order valence-corrected chi connectivity index (χ1v) is 8.87. The van der Waals surface area contributed by atoms with Crippen LogP contribution in [0.1, 0.15) is 37.0 Å². The second-order valence-corrected chi connectivity index (χ2v) is 6.87. The maximum atomic E-state index is 12.7. The number of nitrogens with zero attached hydrogens (tertiary/aromatic N) is 2. The minimum absolute atomic E-state index is 0.00141. The number of benzene rings is 1. The van der Waals surface area contributed by atoms with E-state index in [1.807, 2.05) is 72.1 Å². The third-order valence-corrected chi connectivity index (χ3v) is 4.67. The number of hydrogen-bond donors (Lipinski definition) is 1. The Labute approximate surface area is 148 Å². The molecule has 1 aromatic heterocycles. The summed E-state index contributed by atoms with van der Waals surface area (Å²) >= 11 is 0. The molecule has 2 amide bonds. The molecule has 0 atom stereocenters. The van der Waals surface area contributed by atoms with Gasteiger partial charge in [0.15, 0.2) is 0 Å². The second-order valence-electron chi connectivity index (χ2n) is 6.87. The number of hydrogen-bond acceptors (Lipinski definition) is 2. The lowest BCUT2D eigenvalue weighted by molar-refractivity contribution is -0.124. The van der Waals surface area contributed by atoms with Crippen LogP contribution >= 0.6 is 0 Å². The molecule has 1 fully saturated rings. The lowest BCUT2D eigenvalue weighted by atomic mass is 10.0. The summed E-state index contributed by atoms with van der Waals surface area (Å²) in [5.74, 6) is 0.150. The van der Waals surface area contributed by atoms with E-state index < -0.39 is 0 Å². The van der Waals surface area contributed by atoms with Crippen LogP contribution in [0.5, 0.6) is 0 Å². The van der Waals surface area contributed by atoms with Gasteiger partial charge in [-0.25, -0.2) is 0 Å². The molecular formula is C20H25N3O2. The van der Waals surface area contributed by atoms with E-state index in [1.54, 1.807) is 0 Å². The Hall–Kier alpha value is -2.56. The van der Waals surface area contributed by atoms with Crippen LogP contribution < -0.4 is 5.32 Å². The van der Waals surface area contributed by atoms with Crippen LogP contribution in [0.3, 0.4) is 0 Å². The highest BCUT2D eigenvalue weighted by Gasteiger charge is 2.25. The number of rotatable bonds is 4. The van der Waals surface area contributed by atoms with E-state index in [0.29, 0.717) is 18.7 Å². The Morgan fingerprint density at radius 3 is 2.20 bits per heavy atom. The van der Waals surface area contributed by atoms with Crippen LogP contribution in [0.2, 0.25) is 0 Å². The van der Waals surface area contributed by atoms with Gasteiger partial charge in [-0.2, -0.15) is 0 Å². The summed E-state index contributed by atoms with van der Waals surface area (Å²) in [6, 6.07) is 11.8. The van der Waals surface area contributed by atoms with E-state index in [9.17, 15) is 9.59 Å². The summed E-state index contributed by atoms with van der Waals surface area (Å²) in [4.78, 5) is 26.3. The molecule has 1 aromatic carbocycles. The number of piperidine rings is 1. The molecule has 0 saturated carbocycles. The highest BCUT2D eigenvalue weighted by Crippen LogP contribution is 2.16. The first kappa shape index (κ1) is 17.3. The monoisotopic (exact) mass is 339 g/mol. The van der Waals surface area contributed by atoms with Gasteiger partial charge >= 0.3 is 0 Å². The molecule has 0 spiro atoms. The lowest BCUT2D eigenvalue weighted by Gasteiger charge is -2.32. The first-order chi connectivity index (χ1) is 12.0. The third kappa shape index (κ3) is 4.10. The van der Waals surface area contributed by atoms with E-state index in [2.05, 4.69) is 5.32 Å². The minimum Gasteiger partial charge on any atom is -0.353 e. The van der Waals surface area contributed by atoms with E-state index in [1.165, 1.54) is 0 Å². The van der Waals surface area contributed by atoms with Crippen LogP contribution in [-0.2, 0) is 4.79 Å². The van der Waals surface area contributed by atoms with E-state index >= 15 is 0 Å². The molecule has 2 aromatic rings. The third-order valence-electron chi connectivity index (χ3n) is 4.67. The molecule has 5 heteroatoms. The van der Waals surface area contributed by atoms with Crippen LogP contribution in [0.4, 0.5) is 0 Å². The molecule has 1 saturated heterocycles. The van der Waals surface area contributed by atoms with Crippen LogP contribution in [0.25, 0.3) is 5.69 Å². The summed E-state index contributed by atoms with van der Waals surface area (Å²) in [5, 5.41) is 3.06. The number of nitrogens with one attached hydrogen (secondary N) is 1. The van der Waals surface area contributed by atoms with Crippen molar-refractivity contribution in [3.8, 4) is 5.69 Å². The molecule has 0 radical (unpaired) electrons. The summed E-state index contributed by atoms with van der Waals surface area (Å²) in [6.45, 7) is 5.15. The summed E-state index contributed by atoms with van der Waals surface area (Å²) < 4.78 is 2.01. The Balaban J connectivity index is 1.56. The Kier molecular flexibility index (Phi) is 5.22. The second kappa shape index (κ2) is 7.55. The van der Waals surface area contributed by atoms with Gasteiger partial charge in [-0.05, 0) is 49.2 Å². The van der Waals surface area contributed by atoms with Gasteiger partial charge in [0.1, 0.15) is 0 Å². The highest BCUT2D eigenvalue weighted by molar-refractivity contribution is 5.94. The minimum atomic E-state index is -0.00141. The average Bonchev–Trinajstić information content (AvgIpc) is 3.16. The molecule has 1 aliphatic heterocycles. The average molecular weight is 339 g/mol. The van der Waals surface area contributed by atoms with E-state index in [0.717, 1.165) is 18.5 Å². The molecule has 0 aliphatic carbocycles. The standard InChI is InChI=1S/C20H25N3O2/c1-15(2)19(24)21-17-9-13-23(14-10-17)20(25)16-5-7-18(8-6-16)22-11-3-4-12-22/h3-8,11-12,15,17H,9-10,13-14H2,1-2H3,(H,21,24). The smallest absolute Gasteiger partial charge is 0.253 e. The maximum absolute atomic E-state index is 12.7. The Bertz CT molecular complexity index is 712. The summed E-state index contributed by atoms with van der Waals surface area (Å²) in [5.41, 5.74) is 1.75. The zero-order valence-corrected chi connectivity index (χ0v) is 14.8. The van der Waals surface area contributed by atoms with Gasteiger partial charge in [-0.15, -0.1) is 0 Å². The highest BCUT2D eigenvalue weighted by atomic mass is 16.2. The van der Waals surface area contributed by atoms with Gasteiger partial charge in [0.25, 0.3) is 5.91 Å². The van der Waals surface area contributed by atoms with Gasteiger partial charge in [-0.3, -0.25) is 9.59 Å². The number of carbonyl (C=O) groups is 2. The van der Waals surface area contributed by atoms with Crippen molar-refractivity contribution in [2.45, 2.75) is 32.7 Å². The fourth-order valence-corrected chi connectivity index (χ4v) is 3.06. The SMILES string of the molecule is CC(C)C(=O)NC1CCN(C(=O)c2ccc(-n3cccc3)cc2)CC1. The van der Waals surface area contributed by atoms with Crippen molar-refractivity contribution >= 4 is 11.8 Å². The number of aromatic nitrogens is 1. The normalized spacial score (nSPS) is 15.4. The van der Waals surface area contributed by atoms with E-state index in [-0.39, 0.29) is 23.8 Å². The van der Waals surface area contributed by atoms with Gasteiger partial charge in [0.2, 0.25) is 5.91 Å². The van der Waals surface area contributed by atoms with Gasteiger partial charge in [0, 0.05) is 48.7 Å². The fraction of sp³-hybridized carbons (Fsp3) is 0.400. The molecule has 1 aliphatic rings. The van der Waals surface area contributed by atoms with Crippen molar-refractivity contribution in [1.82, 2.24) is 14.8 Å². The molecule has 3 rings (SSSR count). The number of likely N-dealkylation sites (tertiary alicyclic amines) is 1. The summed E-state index contributed by atoms with van der Waals surface area (Å²) in [6.07, 6.45) is 5.58. The summed E-state index contributed by atoms with van der Waals surface area (Å²) in [7, 11) is 0. The molecule has 2 heterocycles. The van der Waals surface area contributed by atoms with Crippen molar-refractivity contribution in [3.63, 3.8) is 0 Å². The molecule has 0 bridgehead atoms. The topological polar surface area (TPSA) is 54.3 Å². The number of amides is 2. The number of carbonyl (C=O) groups excluding carboxylic acids is 2. The van der Waals surface area contributed by atoms with Crippen LogP contribution in [0, 0.1) is 5.92 Å². The predicted octanol–water partition coefficient (Wildman–Crippen LogP) is 2.85. The zero-order valence-electron chi connectivity index (χ0n) is 14.8. The predicted molar refractivity (Wildman–Crippen MR) is 97.7 cm³/mol. The molecular weight excluding hydrogens is 314 g/mol. The van der Waals surface area contributed by atoms with Crippen molar-refractivity contribution in [2.75, 3.05) is 13.1 Å². The van der Waals surface area contributed by atoms with Crippen molar-refractivity contribution < 1.29 is 9.59 Å². The van der Waals surface area contributed by atoms with Gasteiger partial charge in [0.05, 0.1) is 0 Å². The quantitative estimate of drug-likeness (QED) is 0.931. The first-order valence-electron chi connectivity index (χ1n) is 8.87. The fourth-order valence-electron chi connectivity index (χ4n) is 3.06. The molecule has 1 N–H and O–H groups in total. The Morgan fingerprint density at radius 2 is 1.64 bits per heavy atom. The molecule has 132 valence electrons. The molecule has 25 heavy (non-hydrogen) atoms. The van der Waals surface area contributed by atoms with Gasteiger partial charge in [-0.1, -0.05) is 13.8 Å². The van der Waals surface area contributed by atoms with Crippen LogP contribution in [-0.4, -0.2) is 40.4 Å². The molecule has 5 nitrogen and oxygen atoms in total. The van der Waals surface area contributed by atoms with Crippen molar-refractivity contribution in [3.05, 3.63) is 54.4 Å². The maximum Gasteiger partial charge on any atom is 0.253 e. The zero-order chi connectivity index (χ0) is 17.8. The van der Waals surface area contributed by atoms with Gasteiger partial charge < -0.3 is 14.8 Å². The van der Waals surface area contributed by atoms with Crippen LogP contribution in [0.15, 0.2) is 48.8 Å². The van der Waals surface area contributed by atoms with Crippen molar-refractivity contribution in [1.29, 1.82) is 0 Å². The Morgan fingerprint density at radius 1 is 1.04 bits per heavy atom. The molecule has 0 unspecified atom stereocenters. The van der Waals surface area contributed by atoms with E-state index in [4.69, 9.17) is 0 Å². The van der Waals surface area contributed by atoms with Crippen molar-refractivity contribution in [2.24, 2.45) is 5.92 Å².